The maximum absolute atomic E-state index is 13.4. The minimum absolute atomic E-state index is 0.123. The topological polar surface area (TPSA) is 129 Å². The van der Waals surface area contributed by atoms with Gasteiger partial charge >= 0.3 is 0 Å². The maximum atomic E-state index is 13.4. The Balaban J connectivity index is 1.67. The minimum atomic E-state index is -0.218. The van der Waals surface area contributed by atoms with E-state index in [1.165, 1.54) is 6.08 Å². The number of fused-ring (bicyclic) bond motifs is 1. The standard InChI is InChI=1S/C29H34N6O3/c1-5-9-24-21-11-8-7-10-20(21)17-32-35(24)26(36)13-12-19-14-18(16-25(37-3)27(19)38-4)15-22-23(6-2)33-29(31)34-28(22)30/h7-8,10-14,16-17,24H,5-6,9,15H2,1-4H3,(H4,30,31,33,34)/b13-12+. The first-order valence-corrected chi connectivity index (χ1v) is 12.7. The van der Waals surface area contributed by atoms with Crippen LogP contribution in [0.15, 0.2) is 47.6 Å². The van der Waals surface area contributed by atoms with Crippen LogP contribution in [-0.2, 0) is 17.6 Å². The molecule has 1 amide bonds. The highest BCUT2D eigenvalue weighted by Gasteiger charge is 2.27. The highest BCUT2D eigenvalue weighted by atomic mass is 16.5. The summed E-state index contributed by atoms with van der Waals surface area (Å²) in [6, 6.07) is 11.7. The fourth-order valence-corrected chi connectivity index (χ4v) is 4.81. The number of ether oxygens (including phenoxy) is 2. The second-order valence-electron chi connectivity index (χ2n) is 9.04. The summed E-state index contributed by atoms with van der Waals surface area (Å²) >= 11 is 0. The lowest BCUT2D eigenvalue weighted by Crippen LogP contribution is -2.32. The SMILES string of the molecule is CCCC1c2ccccc2C=NN1C(=O)/C=C/c1cc(Cc2c(N)nc(N)nc2CC)cc(OC)c1OC. The van der Waals surface area contributed by atoms with Crippen LogP contribution in [-0.4, -0.2) is 41.3 Å². The van der Waals surface area contributed by atoms with Gasteiger partial charge in [0, 0.05) is 23.6 Å². The maximum Gasteiger partial charge on any atom is 0.267 e. The van der Waals surface area contributed by atoms with Gasteiger partial charge in [-0.05, 0) is 47.7 Å². The summed E-state index contributed by atoms with van der Waals surface area (Å²) in [7, 11) is 3.15. The van der Waals surface area contributed by atoms with Gasteiger partial charge in [0.15, 0.2) is 11.5 Å². The van der Waals surface area contributed by atoms with Crippen molar-refractivity contribution >= 4 is 30.0 Å². The zero-order chi connectivity index (χ0) is 27.2. The number of hydrogen-bond donors (Lipinski definition) is 2. The van der Waals surface area contributed by atoms with Crippen LogP contribution >= 0.6 is 0 Å². The molecule has 0 spiro atoms. The van der Waals surface area contributed by atoms with E-state index >= 15 is 0 Å². The predicted molar refractivity (Wildman–Crippen MR) is 150 cm³/mol. The van der Waals surface area contributed by atoms with Crippen molar-refractivity contribution in [3.8, 4) is 11.5 Å². The van der Waals surface area contributed by atoms with Crippen molar-refractivity contribution in [2.24, 2.45) is 5.10 Å². The number of nitrogen functional groups attached to an aromatic ring is 2. The molecular formula is C29H34N6O3. The Kier molecular flexibility index (Phi) is 8.25. The minimum Gasteiger partial charge on any atom is -0.493 e. The zero-order valence-corrected chi connectivity index (χ0v) is 22.3. The molecule has 198 valence electrons. The molecule has 4 rings (SSSR count). The van der Waals surface area contributed by atoms with Gasteiger partial charge in [0.1, 0.15) is 5.82 Å². The molecule has 2 aromatic carbocycles. The number of carbonyl (C=O) groups is 1. The first-order chi connectivity index (χ1) is 18.4. The van der Waals surface area contributed by atoms with E-state index in [0.29, 0.717) is 35.7 Å². The Labute approximate surface area is 223 Å². The monoisotopic (exact) mass is 514 g/mol. The molecule has 2 heterocycles. The van der Waals surface area contributed by atoms with Crippen LogP contribution < -0.4 is 20.9 Å². The Morgan fingerprint density at radius 1 is 1.11 bits per heavy atom. The molecule has 1 atom stereocenters. The molecule has 1 aromatic heterocycles. The Bertz CT molecular complexity index is 1380. The van der Waals surface area contributed by atoms with E-state index in [1.54, 1.807) is 31.5 Å². The summed E-state index contributed by atoms with van der Waals surface area (Å²) in [6.45, 7) is 4.09. The first-order valence-electron chi connectivity index (χ1n) is 12.7. The predicted octanol–water partition coefficient (Wildman–Crippen LogP) is 4.54. The number of nitrogens with zero attached hydrogens (tertiary/aromatic N) is 4. The molecule has 1 unspecified atom stereocenters. The highest BCUT2D eigenvalue weighted by molar-refractivity contribution is 5.95. The highest BCUT2D eigenvalue weighted by Crippen LogP contribution is 2.36. The third-order valence-electron chi connectivity index (χ3n) is 6.59. The molecular weight excluding hydrogens is 480 g/mol. The van der Waals surface area contributed by atoms with Gasteiger partial charge < -0.3 is 20.9 Å². The molecule has 4 N–H and O–H groups in total. The van der Waals surface area contributed by atoms with Crippen LogP contribution in [0, 0.1) is 0 Å². The summed E-state index contributed by atoms with van der Waals surface area (Å²) in [5.74, 6) is 1.35. The summed E-state index contributed by atoms with van der Waals surface area (Å²) in [5.41, 5.74) is 17.3. The van der Waals surface area contributed by atoms with Gasteiger partial charge in [0.05, 0.1) is 32.2 Å². The molecule has 0 fully saturated rings. The quantitative estimate of drug-likeness (QED) is 0.401. The molecule has 0 aliphatic carbocycles. The lowest BCUT2D eigenvalue weighted by molar-refractivity contribution is -0.128. The van der Waals surface area contributed by atoms with Crippen molar-refractivity contribution in [1.29, 1.82) is 0 Å². The molecule has 0 radical (unpaired) electrons. The van der Waals surface area contributed by atoms with Gasteiger partial charge in [-0.25, -0.2) is 9.99 Å². The Hall–Kier alpha value is -4.40. The van der Waals surface area contributed by atoms with Gasteiger partial charge in [-0.15, -0.1) is 0 Å². The van der Waals surface area contributed by atoms with E-state index in [-0.39, 0.29) is 17.9 Å². The number of anilines is 2. The van der Waals surface area contributed by atoms with E-state index in [1.807, 2.05) is 37.3 Å². The van der Waals surface area contributed by atoms with Gasteiger partial charge in [-0.3, -0.25) is 4.79 Å². The van der Waals surface area contributed by atoms with Crippen LogP contribution in [0.3, 0.4) is 0 Å². The van der Waals surface area contributed by atoms with E-state index in [9.17, 15) is 4.79 Å². The first kappa shape index (κ1) is 26.7. The smallest absolute Gasteiger partial charge is 0.267 e. The van der Waals surface area contributed by atoms with E-state index in [4.69, 9.17) is 20.9 Å². The number of rotatable bonds is 9. The molecule has 1 aliphatic rings. The second kappa shape index (κ2) is 11.8. The van der Waals surface area contributed by atoms with Crippen molar-refractivity contribution in [3.63, 3.8) is 0 Å². The number of hydrazone groups is 1. The van der Waals surface area contributed by atoms with Crippen LogP contribution in [0.1, 0.15) is 66.2 Å². The zero-order valence-electron chi connectivity index (χ0n) is 22.3. The van der Waals surface area contributed by atoms with E-state index in [0.717, 1.165) is 40.8 Å². The van der Waals surface area contributed by atoms with Crippen molar-refractivity contribution in [2.75, 3.05) is 25.7 Å². The van der Waals surface area contributed by atoms with Crippen LogP contribution in [0.2, 0.25) is 0 Å². The number of aromatic nitrogens is 2. The second-order valence-corrected chi connectivity index (χ2v) is 9.04. The van der Waals surface area contributed by atoms with Gasteiger partial charge in [0.2, 0.25) is 5.95 Å². The third kappa shape index (κ3) is 5.46. The number of carbonyl (C=O) groups excluding carboxylic acids is 1. The Morgan fingerprint density at radius 2 is 1.89 bits per heavy atom. The molecule has 9 heteroatoms. The van der Waals surface area contributed by atoms with Crippen molar-refractivity contribution in [2.45, 2.75) is 45.6 Å². The largest absolute Gasteiger partial charge is 0.493 e. The summed E-state index contributed by atoms with van der Waals surface area (Å²) in [4.78, 5) is 21.9. The number of hydrogen-bond acceptors (Lipinski definition) is 8. The number of methoxy groups -OCH3 is 2. The number of benzene rings is 2. The molecule has 0 saturated carbocycles. The van der Waals surface area contributed by atoms with Crippen molar-refractivity contribution in [1.82, 2.24) is 15.0 Å². The van der Waals surface area contributed by atoms with Gasteiger partial charge in [-0.1, -0.05) is 44.5 Å². The summed E-state index contributed by atoms with van der Waals surface area (Å²) in [5, 5.41) is 6.03. The van der Waals surface area contributed by atoms with Gasteiger partial charge in [0.25, 0.3) is 5.91 Å². The summed E-state index contributed by atoms with van der Waals surface area (Å²) < 4.78 is 11.3. The fourth-order valence-electron chi connectivity index (χ4n) is 4.81. The average molecular weight is 515 g/mol. The van der Waals surface area contributed by atoms with Crippen LogP contribution in [0.5, 0.6) is 11.5 Å². The lowest BCUT2D eigenvalue weighted by Gasteiger charge is -2.31. The van der Waals surface area contributed by atoms with Crippen molar-refractivity contribution in [3.05, 3.63) is 76.0 Å². The molecule has 1 aliphatic heterocycles. The summed E-state index contributed by atoms with van der Waals surface area (Å²) in [6.07, 6.45) is 7.86. The molecule has 0 bridgehead atoms. The van der Waals surface area contributed by atoms with Crippen molar-refractivity contribution < 1.29 is 14.3 Å². The molecule has 38 heavy (non-hydrogen) atoms. The number of nitrogens with two attached hydrogens (primary N) is 2. The molecule has 3 aromatic rings. The van der Waals surface area contributed by atoms with Crippen LogP contribution in [0.4, 0.5) is 11.8 Å². The van der Waals surface area contributed by atoms with Crippen LogP contribution in [0.25, 0.3) is 6.08 Å². The average Bonchev–Trinajstić information content (AvgIpc) is 2.92. The van der Waals surface area contributed by atoms with E-state index in [2.05, 4.69) is 28.1 Å². The lowest BCUT2D eigenvalue weighted by atomic mass is 9.95. The Morgan fingerprint density at radius 3 is 2.61 bits per heavy atom. The van der Waals surface area contributed by atoms with Gasteiger partial charge in [-0.2, -0.15) is 10.1 Å². The third-order valence-corrected chi connectivity index (χ3v) is 6.59. The number of amides is 1. The molecule has 9 nitrogen and oxygen atoms in total. The normalized spacial score (nSPS) is 14.5. The molecule has 0 saturated heterocycles. The van der Waals surface area contributed by atoms with E-state index < -0.39 is 0 Å². The fraction of sp³-hybridized carbons (Fsp3) is 0.310. The number of aryl methyl sites for hydroxylation is 1.